The van der Waals surface area contributed by atoms with E-state index in [-0.39, 0.29) is 19.8 Å². The summed E-state index contributed by atoms with van der Waals surface area (Å²) in [6, 6.07) is 2.48. The lowest BCUT2D eigenvalue weighted by Gasteiger charge is -2.13. The molecule has 2 N–H and O–H groups in total. The molecule has 0 amide bonds. The molecule has 0 aliphatic rings. The molecular formula is C12H6Cl2F2O3S. The first-order valence-corrected chi connectivity index (χ1v) is 6.73. The van der Waals surface area contributed by atoms with Crippen LogP contribution >= 0.6 is 34.5 Å². The number of carboxylic acid groups (broad SMARTS) is 1. The topological polar surface area (TPSA) is 57.5 Å². The molecule has 8 heteroatoms. The maximum absolute atomic E-state index is 13.3. The van der Waals surface area contributed by atoms with E-state index in [4.69, 9.17) is 28.3 Å². The minimum atomic E-state index is -1.52. The number of thiophene rings is 1. The lowest BCUT2D eigenvalue weighted by atomic mass is 9.98. The summed E-state index contributed by atoms with van der Waals surface area (Å²) in [6.45, 7) is 0. The van der Waals surface area contributed by atoms with E-state index in [0.717, 1.165) is 11.3 Å². The fourth-order valence-electron chi connectivity index (χ4n) is 1.68. The molecule has 1 aromatic carbocycles. The number of halogens is 4. The standard InChI is InChI=1S/C12H6Cl2F2O3S/c13-9-3-6(11(14)20-9)10(17)4-1-7(15)8(16)2-5(4)12(18)19/h1-3,10,17H,(H,18,19). The Labute approximate surface area is 126 Å². The number of carboxylic acids is 1. The number of carbonyl (C=O) groups is 1. The quantitative estimate of drug-likeness (QED) is 0.885. The van der Waals surface area contributed by atoms with Crippen molar-refractivity contribution in [2.45, 2.75) is 6.10 Å². The largest absolute Gasteiger partial charge is 0.478 e. The van der Waals surface area contributed by atoms with Gasteiger partial charge in [0, 0.05) is 11.1 Å². The number of benzene rings is 1. The van der Waals surface area contributed by atoms with E-state index in [1.807, 2.05) is 0 Å². The highest BCUT2D eigenvalue weighted by Gasteiger charge is 2.24. The van der Waals surface area contributed by atoms with Gasteiger partial charge in [-0.05, 0) is 18.2 Å². The van der Waals surface area contributed by atoms with Gasteiger partial charge in [-0.2, -0.15) is 0 Å². The van der Waals surface area contributed by atoms with Crippen LogP contribution in [0.1, 0.15) is 27.6 Å². The molecule has 1 aromatic heterocycles. The normalized spacial score (nSPS) is 12.4. The molecule has 2 rings (SSSR count). The van der Waals surface area contributed by atoms with E-state index in [0.29, 0.717) is 12.1 Å². The third-order valence-corrected chi connectivity index (χ3v) is 4.11. The first-order chi connectivity index (χ1) is 9.31. The van der Waals surface area contributed by atoms with Gasteiger partial charge in [-0.1, -0.05) is 23.2 Å². The second-order valence-electron chi connectivity index (χ2n) is 3.84. The Hall–Kier alpha value is -1.21. The Bertz CT molecular complexity index is 688. The second kappa shape index (κ2) is 5.65. The molecule has 0 aliphatic heterocycles. The van der Waals surface area contributed by atoms with Crippen LogP contribution in [0.5, 0.6) is 0 Å². The average molecular weight is 339 g/mol. The van der Waals surface area contributed by atoms with Gasteiger partial charge in [0.05, 0.1) is 9.90 Å². The first-order valence-electron chi connectivity index (χ1n) is 5.16. The van der Waals surface area contributed by atoms with Gasteiger partial charge in [-0.15, -0.1) is 11.3 Å². The molecule has 0 saturated heterocycles. The minimum Gasteiger partial charge on any atom is -0.478 e. The first kappa shape index (κ1) is 15.2. The van der Waals surface area contributed by atoms with Crippen molar-refractivity contribution in [2.75, 3.05) is 0 Å². The molecule has 1 heterocycles. The highest BCUT2D eigenvalue weighted by molar-refractivity contribution is 7.20. The molecule has 0 bridgehead atoms. The van der Waals surface area contributed by atoms with Crippen LogP contribution in [-0.4, -0.2) is 16.2 Å². The summed E-state index contributed by atoms with van der Waals surface area (Å²) < 4.78 is 26.8. The van der Waals surface area contributed by atoms with Crippen molar-refractivity contribution in [3.05, 3.63) is 55.2 Å². The number of aliphatic hydroxyl groups is 1. The number of hydrogen-bond acceptors (Lipinski definition) is 3. The Morgan fingerprint density at radius 1 is 1.15 bits per heavy atom. The van der Waals surface area contributed by atoms with Gasteiger partial charge in [0.1, 0.15) is 10.4 Å². The van der Waals surface area contributed by atoms with Crippen molar-refractivity contribution in [1.29, 1.82) is 0 Å². The summed E-state index contributed by atoms with van der Waals surface area (Å²) in [6.07, 6.45) is -1.52. The lowest BCUT2D eigenvalue weighted by Crippen LogP contribution is -2.10. The number of aliphatic hydroxyl groups excluding tert-OH is 1. The van der Waals surface area contributed by atoms with Crippen molar-refractivity contribution >= 4 is 40.5 Å². The molecule has 0 saturated carbocycles. The highest BCUT2D eigenvalue weighted by atomic mass is 35.5. The van der Waals surface area contributed by atoms with Gasteiger partial charge >= 0.3 is 5.97 Å². The van der Waals surface area contributed by atoms with Crippen LogP contribution < -0.4 is 0 Å². The zero-order chi connectivity index (χ0) is 15.0. The van der Waals surface area contributed by atoms with E-state index >= 15 is 0 Å². The van der Waals surface area contributed by atoms with Crippen molar-refractivity contribution in [3.8, 4) is 0 Å². The SMILES string of the molecule is O=C(O)c1cc(F)c(F)cc1C(O)c1cc(Cl)sc1Cl. The van der Waals surface area contributed by atoms with E-state index in [1.165, 1.54) is 6.07 Å². The molecule has 3 nitrogen and oxygen atoms in total. The number of hydrogen-bond donors (Lipinski definition) is 2. The molecule has 2 aromatic rings. The molecule has 0 spiro atoms. The van der Waals surface area contributed by atoms with Crippen LogP contribution in [0.3, 0.4) is 0 Å². The smallest absolute Gasteiger partial charge is 0.336 e. The second-order valence-corrected chi connectivity index (χ2v) is 6.13. The van der Waals surface area contributed by atoms with E-state index < -0.39 is 29.3 Å². The van der Waals surface area contributed by atoms with Crippen LogP contribution in [0.15, 0.2) is 18.2 Å². The summed E-state index contributed by atoms with van der Waals surface area (Å²) in [5.41, 5.74) is -0.710. The summed E-state index contributed by atoms with van der Waals surface area (Å²) >= 11 is 12.5. The lowest BCUT2D eigenvalue weighted by molar-refractivity contribution is 0.0690. The van der Waals surface area contributed by atoms with E-state index in [1.54, 1.807) is 0 Å². The maximum Gasteiger partial charge on any atom is 0.336 e. The Balaban J connectivity index is 2.59. The van der Waals surface area contributed by atoms with Crippen molar-refractivity contribution in [3.63, 3.8) is 0 Å². The Kier molecular flexibility index (Phi) is 4.29. The third-order valence-electron chi connectivity index (χ3n) is 2.60. The molecule has 0 fully saturated rings. The van der Waals surface area contributed by atoms with Crippen LogP contribution in [0, 0.1) is 11.6 Å². The predicted molar refractivity (Wildman–Crippen MR) is 71.7 cm³/mol. The van der Waals surface area contributed by atoms with Crippen LogP contribution in [0.4, 0.5) is 8.78 Å². The molecular weight excluding hydrogens is 333 g/mol. The van der Waals surface area contributed by atoms with Gasteiger partial charge < -0.3 is 10.2 Å². The molecule has 20 heavy (non-hydrogen) atoms. The van der Waals surface area contributed by atoms with E-state index in [2.05, 4.69) is 0 Å². The molecule has 1 unspecified atom stereocenters. The highest BCUT2D eigenvalue weighted by Crippen LogP contribution is 2.38. The molecule has 0 aliphatic carbocycles. The average Bonchev–Trinajstić information content (AvgIpc) is 2.70. The van der Waals surface area contributed by atoms with Gasteiger partial charge in [0.25, 0.3) is 0 Å². The van der Waals surface area contributed by atoms with Crippen LogP contribution in [0.2, 0.25) is 8.67 Å². The Morgan fingerprint density at radius 3 is 2.25 bits per heavy atom. The van der Waals surface area contributed by atoms with Crippen LogP contribution in [0.25, 0.3) is 0 Å². The summed E-state index contributed by atoms with van der Waals surface area (Å²) in [5.74, 6) is -4.07. The molecule has 0 radical (unpaired) electrons. The predicted octanol–water partition coefficient (Wildman–Crippen LogP) is 4.11. The van der Waals surface area contributed by atoms with Gasteiger partial charge in [0.2, 0.25) is 0 Å². The van der Waals surface area contributed by atoms with E-state index in [9.17, 15) is 18.7 Å². The fourth-order valence-corrected chi connectivity index (χ4v) is 3.20. The number of aromatic carboxylic acids is 1. The van der Waals surface area contributed by atoms with Gasteiger partial charge in [-0.3, -0.25) is 0 Å². The maximum atomic E-state index is 13.3. The molecule has 106 valence electrons. The zero-order valence-electron chi connectivity index (χ0n) is 9.53. The van der Waals surface area contributed by atoms with Crippen molar-refractivity contribution in [1.82, 2.24) is 0 Å². The Morgan fingerprint density at radius 2 is 1.75 bits per heavy atom. The van der Waals surface area contributed by atoms with Crippen LogP contribution in [-0.2, 0) is 0 Å². The summed E-state index contributed by atoms with van der Waals surface area (Å²) in [4.78, 5) is 11.1. The van der Waals surface area contributed by atoms with Gasteiger partial charge in [-0.25, -0.2) is 13.6 Å². The minimum absolute atomic E-state index is 0.134. The summed E-state index contributed by atoms with van der Waals surface area (Å²) in [5, 5.41) is 19.1. The van der Waals surface area contributed by atoms with Gasteiger partial charge in [0.15, 0.2) is 11.6 Å². The van der Waals surface area contributed by atoms with Crippen molar-refractivity contribution < 1.29 is 23.8 Å². The molecule has 1 atom stereocenters. The number of rotatable bonds is 3. The summed E-state index contributed by atoms with van der Waals surface area (Å²) in [7, 11) is 0. The van der Waals surface area contributed by atoms with Crippen molar-refractivity contribution in [2.24, 2.45) is 0 Å². The zero-order valence-corrected chi connectivity index (χ0v) is 11.9. The monoisotopic (exact) mass is 338 g/mol. The third kappa shape index (κ3) is 2.78. The fraction of sp³-hybridized carbons (Fsp3) is 0.0833.